The molecule has 2 N–H and O–H groups in total. The molecular formula is C27H26N2O5. The maximum atomic E-state index is 13.1. The third-order valence-corrected chi connectivity index (χ3v) is 6.12. The number of carboxylic acid groups (broad SMARTS) is 1. The van der Waals surface area contributed by atoms with Gasteiger partial charge in [-0.2, -0.15) is 0 Å². The molecule has 174 valence electrons. The number of benzene rings is 3. The van der Waals surface area contributed by atoms with Crippen molar-refractivity contribution in [1.29, 1.82) is 0 Å². The highest BCUT2D eigenvalue weighted by molar-refractivity contribution is 6.07. The van der Waals surface area contributed by atoms with Crippen molar-refractivity contribution < 1.29 is 24.2 Å². The van der Waals surface area contributed by atoms with E-state index < -0.39 is 35.9 Å². The molecule has 2 atom stereocenters. The van der Waals surface area contributed by atoms with Crippen LogP contribution in [0, 0.1) is 5.92 Å². The van der Waals surface area contributed by atoms with Crippen LogP contribution in [-0.4, -0.2) is 41.1 Å². The van der Waals surface area contributed by atoms with E-state index in [0.29, 0.717) is 12.8 Å². The first-order valence-corrected chi connectivity index (χ1v) is 11.1. The fourth-order valence-electron chi connectivity index (χ4n) is 4.30. The molecule has 0 unspecified atom stereocenters. The van der Waals surface area contributed by atoms with Crippen LogP contribution in [-0.2, 0) is 16.0 Å². The average molecular weight is 459 g/mol. The molecule has 4 rings (SSSR count). The van der Waals surface area contributed by atoms with Crippen molar-refractivity contribution in [3.05, 3.63) is 102 Å². The maximum Gasteiger partial charge on any atom is 0.327 e. The molecule has 1 heterocycles. The van der Waals surface area contributed by atoms with Crippen molar-refractivity contribution in [3.63, 3.8) is 0 Å². The number of imide groups is 1. The minimum absolute atomic E-state index is 0.340. The molecule has 0 aliphatic carbocycles. The number of nitrogens with zero attached hydrogens (tertiary/aromatic N) is 1. The predicted octanol–water partition coefficient (Wildman–Crippen LogP) is 4.04. The summed E-state index contributed by atoms with van der Waals surface area (Å²) in [5.41, 5.74) is 2.63. The van der Waals surface area contributed by atoms with Crippen molar-refractivity contribution in [2.75, 3.05) is 7.11 Å². The number of hydrogen-bond acceptors (Lipinski definition) is 4. The Morgan fingerprint density at radius 1 is 0.941 bits per heavy atom. The van der Waals surface area contributed by atoms with Crippen LogP contribution in [0.2, 0.25) is 0 Å². The van der Waals surface area contributed by atoms with E-state index in [2.05, 4.69) is 5.32 Å². The lowest BCUT2D eigenvalue weighted by molar-refractivity contribution is -0.166. The quantitative estimate of drug-likeness (QED) is 0.497. The number of aliphatic carboxylic acids is 1. The second-order valence-corrected chi connectivity index (χ2v) is 8.19. The van der Waals surface area contributed by atoms with Gasteiger partial charge in [-0.1, -0.05) is 72.8 Å². The highest BCUT2D eigenvalue weighted by Crippen LogP contribution is 2.32. The molecule has 0 radical (unpaired) electrons. The van der Waals surface area contributed by atoms with E-state index in [0.717, 1.165) is 27.3 Å². The lowest BCUT2D eigenvalue weighted by Gasteiger charge is -2.43. The first-order chi connectivity index (χ1) is 16.5. The third-order valence-electron chi connectivity index (χ3n) is 6.12. The Balaban J connectivity index is 1.48. The van der Waals surface area contributed by atoms with Crippen LogP contribution >= 0.6 is 0 Å². The minimum atomic E-state index is -1.20. The van der Waals surface area contributed by atoms with Crippen molar-refractivity contribution in [2.45, 2.75) is 24.9 Å². The molecule has 3 amide bonds. The lowest BCUT2D eigenvalue weighted by Crippen LogP contribution is -2.68. The van der Waals surface area contributed by atoms with E-state index >= 15 is 0 Å². The number of methoxy groups -OCH3 is 1. The van der Waals surface area contributed by atoms with Crippen LogP contribution in [0.5, 0.6) is 5.75 Å². The zero-order chi connectivity index (χ0) is 24.1. The van der Waals surface area contributed by atoms with Gasteiger partial charge in [0.25, 0.3) is 0 Å². The molecule has 1 fully saturated rings. The Morgan fingerprint density at radius 2 is 1.50 bits per heavy atom. The summed E-state index contributed by atoms with van der Waals surface area (Å²) in [5, 5.41) is 12.6. The summed E-state index contributed by atoms with van der Waals surface area (Å²) in [6.45, 7) is 0. The number of hydrogen-bond donors (Lipinski definition) is 2. The van der Waals surface area contributed by atoms with Crippen molar-refractivity contribution in [3.8, 4) is 5.75 Å². The SMILES string of the molecule is COc1ccc(CC[C@H]2C(=O)N(C(=O)NC(c3ccccc3)c3ccccc3)[C@@H]2C(=O)O)cc1. The van der Waals surface area contributed by atoms with Gasteiger partial charge >= 0.3 is 12.0 Å². The fourth-order valence-corrected chi connectivity index (χ4v) is 4.30. The Bertz CT molecular complexity index is 1110. The number of carbonyl (C=O) groups is 3. The van der Waals surface area contributed by atoms with Crippen LogP contribution in [0.15, 0.2) is 84.9 Å². The van der Waals surface area contributed by atoms with Gasteiger partial charge in [0.15, 0.2) is 6.04 Å². The second-order valence-electron chi connectivity index (χ2n) is 8.19. The molecule has 7 heteroatoms. The minimum Gasteiger partial charge on any atom is -0.497 e. The summed E-state index contributed by atoms with van der Waals surface area (Å²) in [4.78, 5) is 38.8. The summed E-state index contributed by atoms with van der Waals surface area (Å²) in [6.07, 6.45) is 0.864. The standard InChI is InChI=1S/C27H26N2O5/c1-34-21-15-12-18(13-16-21)14-17-22-24(26(31)32)29(25(22)30)27(33)28-23(19-8-4-2-5-9-19)20-10-6-3-7-11-20/h2-13,15-16,22-24H,14,17H2,1H3,(H,28,33)(H,31,32)/t22-,24+/m1/s1. The third kappa shape index (κ3) is 4.78. The summed E-state index contributed by atoms with van der Waals surface area (Å²) in [7, 11) is 1.58. The number of carbonyl (C=O) groups excluding carboxylic acids is 2. The highest BCUT2D eigenvalue weighted by atomic mass is 16.5. The van der Waals surface area contributed by atoms with E-state index in [1.54, 1.807) is 7.11 Å². The molecule has 0 saturated carbocycles. The highest BCUT2D eigenvalue weighted by Gasteiger charge is 2.54. The molecule has 34 heavy (non-hydrogen) atoms. The first kappa shape index (κ1) is 23.0. The molecule has 3 aromatic rings. The Morgan fingerprint density at radius 3 is 2.00 bits per heavy atom. The Kier molecular flexibility index (Phi) is 6.92. The molecule has 0 aromatic heterocycles. The van der Waals surface area contributed by atoms with Gasteiger partial charge in [0.1, 0.15) is 5.75 Å². The number of urea groups is 1. The molecule has 0 spiro atoms. The number of likely N-dealkylation sites (tertiary alicyclic amines) is 1. The molecule has 1 aliphatic rings. The lowest BCUT2D eigenvalue weighted by atomic mass is 9.83. The number of amides is 3. The smallest absolute Gasteiger partial charge is 0.327 e. The predicted molar refractivity (Wildman–Crippen MR) is 126 cm³/mol. The zero-order valence-electron chi connectivity index (χ0n) is 18.8. The van der Waals surface area contributed by atoms with Gasteiger partial charge in [0, 0.05) is 0 Å². The van der Waals surface area contributed by atoms with Crippen molar-refractivity contribution in [2.24, 2.45) is 5.92 Å². The van der Waals surface area contributed by atoms with Gasteiger partial charge in [0.05, 0.1) is 19.1 Å². The van der Waals surface area contributed by atoms with Crippen molar-refractivity contribution in [1.82, 2.24) is 10.2 Å². The summed E-state index contributed by atoms with van der Waals surface area (Å²) in [6, 6.07) is 23.7. The van der Waals surface area contributed by atoms with Gasteiger partial charge < -0.3 is 15.2 Å². The normalized spacial score (nSPS) is 17.2. The molecule has 0 bridgehead atoms. The van der Waals surface area contributed by atoms with E-state index in [1.165, 1.54) is 0 Å². The molecular weight excluding hydrogens is 432 g/mol. The maximum absolute atomic E-state index is 13.1. The van der Waals surface area contributed by atoms with Crippen LogP contribution < -0.4 is 10.1 Å². The Hall–Kier alpha value is -4.13. The van der Waals surface area contributed by atoms with E-state index in [1.807, 2.05) is 84.9 Å². The fraction of sp³-hybridized carbons (Fsp3) is 0.222. The molecule has 3 aromatic carbocycles. The van der Waals surface area contributed by atoms with Gasteiger partial charge in [-0.15, -0.1) is 0 Å². The second kappa shape index (κ2) is 10.2. The number of carboxylic acids is 1. The zero-order valence-corrected chi connectivity index (χ0v) is 18.8. The van der Waals surface area contributed by atoms with Gasteiger partial charge in [-0.3, -0.25) is 4.79 Å². The first-order valence-electron chi connectivity index (χ1n) is 11.1. The van der Waals surface area contributed by atoms with Crippen LogP contribution in [0.3, 0.4) is 0 Å². The molecule has 7 nitrogen and oxygen atoms in total. The van der Waals surface area contributed by atoms with E-state index in [-0.39, 0.29) is 0 Å². The molecule has 1 aliphatic heterocycles. The van der Waals surface area contributed by atoms with E-state index in [9.17, 15) is 19.5 Å². The van der Waals surface area contributed by atoms with E-state index in [4.69, 9.17) is 4.74 Å². The largest absolute Gasteiger partial charge is 0.497 e. The topological polar surface area (TPSA) is 95.9 Å². The number of β-lactam (4-membered cyclic amide) rings is 1. The molecule has 1 saturated heterocycles. The van der Waals surface area contributed by atoms with Crippen LogP contribution in [0.25, 0.3) is 0 Å². The average Bonchev–Trinajstić information content (AvgIpc) is 2.87. The van der Waals surface area contributed by atoms with Gasteiger partial charge in [0.2, 0.25) is 5.91 Å². The number of rotatable bonds is 8. The van der Waals surface area contributed by atoms with Gasteiger partial charge in [-0.25, -0.2) is 14.5 Å². The van der Waals surface area contributed by atoms with Crippen LogP contribution in [0.1, 0.15) is 29.2 Å². The monoisotopic (exact) mass is 458 g/mol. The number of nitrogens with one attached hydrogen (secondary N) is 1. The number of aryl methyl sites for hydroxylation is 1. The summed E-state index contributed by atoms with van der Waals surface area (Å²) < 4.78 is 5.15. The summed E-state index contributed by atoms with van der Waals surface area (Å²) in [5.74, 6) is -1.69. The van der Waals surface area contributed by atoms with Crippen LogP contribution in [0.4, 0.5) is 4.79 Å². The van der Waals surface area contributed by atoms with Gasteiger partial charge in [-0.05, 0) is 41.7 Å². The summed E-state index contributed by atoms with van der Waals surface area (Å²) >= 11 is 0. The van der Waals surface area contributed by atoms with Crippen molar-refractivity contribution >= 4 is 17.9 Å². The Labute approximate surface area is 198 Å². The number of ether oxygens (including phenoxy) is 1.